The number of carboxylic acid groups (broad SMARTS) is 1. The third kappa shape index (κ3) is 1.86. The Morgan fingerprint density at radius 1 is 1.44 bits per heavy atom. The van der Waals surface area contributed by atoms with E-state index in [1.807, 2.05) is 0 Å². The number of halogens is 2. The van der Waals surface area contributed by atoms with Crippen LogP contribution in [0.4, 0.5) is 0 Å². The predicted molar refractivity (Wildman–Crippen MR) is 57.5 cm³/mol. The fourth-order valence-corrected chi connectivity index (χ4v) is 2.03. The lowest BCUT2D eigenvalue weighted by Crippen LogP contribution is -2.34. The molecule has 4 nitrogen and oxygen atoms in total. The molecular weight excluding hydrogens is 255 g/mol. The van der Waals surface area contributed by atoms with E-state index in [9.17, 15) is 9.59 Å². The maximum atomic E-state index is 11.6. The van der Waals surface area contributed by atoms with Crippen molar-refractivity contribution in [3.8, 4) is 5.75 Å². The molecule has 0 bridgehead atoms. The van der Waals surface area contributed by atoms with Gasteiger partial charge in [0, 0.05) is 5.02 Å². The van der Waals surface area contributed by atoms with Crippen LogP contribution in [0.25, 0.3) is 0 Å². The van der Waals surface area contributed by atoms with Gasteiger partial charge in [0.05, 0.1) is 17.0 Å². The first-order valence-corrected chi connectivity index (χ1v) is 5.16. The van der Waals surface area contributed by atoms with Crippen molar-refractivity contribution in [2.24, 2.45) is 0 Å². The Kier molecular flexibility index (Phi) is 2.78. The van der Waals surface area contributed by atoms with Crippen molar-refractivity contribution in [1.82, 2.24) is 0 Å². The number of rotatable bonds is 1. The van der Waals surface area contributed by atoms with Crippen molar-refractivity contribution < 1.29 is 19.4 Å². The second-order valence-corrected chi connectivity index (χ2v) is 4.18. The van der Waals surface area contributed by atoms with E-state index in [0.717, 1.165) is 0 Å². The number of hydrogen-bond donors (Lipinski definition) is 1. The van der Waals surface area contributed by atoms with Gasteiger partial charge in [0.15, 0.2) is 5.78 Å². The number of carbonyl (C=O) groups excluding carboxylic acids is 1. The Morgan fingerprint density at radius 3 is 2.75 bits per heavy atom. The Morgan fingerprint density at radius 2 is 2.12 bits per heavy atom. The molecule has 0 saturated heterocycles. The molecule has 0 amide bonds. The van der Waals surface area contributed by atoms with E-state index in [1.165, 1.54) is 12.1 Å². The molecule has 0 aromatic heterocycles. The van der Waals surface area contributed by atoms with Crippen LogP contribution in [-0.4, -0.2) is 23.0 Å². The molecule has 1 atom stereocenters. The zero-order valence-electron chi connectivity index (χ0n) is 7.87. The fraction of sp³-hybridized carbons (Fsp3) is 0.200. The summed E-state index contributed by atoms with van der Waals surface area (Å²) >= 11 is 11.6. The van der Waals surface area contributed by atoms with Crippen LogP contribution in [0, 0.1) is 0 Å². The predicted octanol–water partition coefficient (Wildman–Crippen LogP) is 2.41. The number of ketones is 1. The second-order valence-electron chi connectivity index (χ2n) is 3.34. The first-order chi connectivity index (χ1) is 7.49. The van der Waals surface area contributed by atoms with Crippen LogP contribution in [0.1, 0.15) is 16.8 Å². The summed E-state index contributed by atoms with van der Waals surface area (Å²) in [5.74, 6) is -1.43. The van der Waals surface area contributed by atoms with Gasteiger partial charge in [0.1, 0.15) is 5.75 Å². The average molecular weight is 261 g/mol. The molecule has 0 unspecified atom stereocenters. The lowest BCUT2D eigenvalue weighted by atomic mass is 10.0. The Balaban J connectivity index is 2.50. The zero-order valence-corrected chi connectivity index (χ0v) is 9.38. The maximum absolute atomic E-state index is 11.6. The van der Waals surface area contributed by atoms with Crippen molar-refractivity contribution in [2.75, 3.05) is 0 Å². The lowest BCUT2D eigenvalue weighted by Gasteiger charge is -2.23. The molecule has 2 rings (SSSR count). The van der Waals surface area contributed by atoms with E-state index >= 15 is 0 Å². The Bertz CT molecular complexity index is 484. The van der Waals surface area contributed by atoms with Crippen molar-refractivity contribution >= 4 is 35.0 Å². The average Bonchev–Trinajstić information content (AvgIpc) is 2.19. The van der Waals surface area contributed by atoms with Gasteiger partial charge in [-0.05, 0) is 12.1 Å². The van der Waals surface area contributed by atoms with E-state index in [1.54, 1.807) is 0 Å². The largest absolute Gasteiger partial charge is 0.478 e. The molecule has 6 heteroatoms. The summed E-state index contributed by atoms with van der Waals surface area (Å²) in [6.45, 7) is 0. The smallest absolute Gasteiger partial charge is 0.345 e. The van der Waals surface area contributed by atoms with Gasteiger partial charge in [0.25, 0.3) is 0 Å². The molecule has 1 aromatic carbocycles. The Hall–Kier alpha value is -1.26. The van der Waals surface area contributed by atoms with Crippen LogP contribution in [0.15, 0.2) is 12.1 Å². The van der Waals surface area contributed by atoms with Crippen LogP contribution >= 0.6 is 23.2 Å². The molecule has 16 heavy (non-hydrogen) atoms. The van der Waals surface area contributed by atoms with Gasteiger partial charge in [-0.3, -0.25) is 4.79 Å². The maximum Gasteiger partial charge on any atom is 0.345 e. The zero-order chi connectivity index (χ0) is 11.9. The van der Waals surface area contributed by atoms with Crippen LogP contribution in [0.2, 0.25) is 10.0 Å². The monoisotopic (exact) mass is 260 g/mol. The van der Waals surface area contributed by atoms with Gasteiger partial charge in [-0.15, -0.1) is 0 Å². The molecule has 0 fully saturated rings. The van der Waals surface area contributed by atoms with E-state index in [-0.39, 0.29) is 28.5 Å². The minimum atomic E-state index is -1.19. The minimum Gasteiger partial charge on any atom is -0.478 e. The third-order valence-electron chi connectivity index (χ3n) is 2.22. The SMILES string of the molecule is O=C1C[C@H](C(=O)O)Oc2c(Cl)cc(Cl)cc21. The summed E-state index contributed by atoms with van der Waals surface area (Å²) in [5, 5.41) is 9.24. The highest BCUT2D eigenvalue weighted by molar-refractivity contribution is 6.36. The standard InChI is InChI=1S/C10H6Cl2O4/c11-4-1-5-7(13)3-8(10(14)15)16-9(5)6(12)2-4/h1-2,8H,3H2,(H,14,15)/t8-/m1/s1. The van der Waals surface area contributed by atoms with Gasteiger partial charge < -0.3 is 9.84 Å². The number of benzene rings is 1. The topological polar surface area (TPSA) is 63.6 Å². The molecule has 1 aliphatic heterocycles. The molecule has 1 aromatic rings. The molecular formula is C10H6Cl2O4. The highest BCUT2D eigenvalue weighted by Gasteiger charge is 2.32. The second kappa shape index (κ2) is 3.96. The van der Waals surface area contributed by atoms with Crippen molar-refractivity contribution in [3.63, 3.8) is 0 Å². The molecule has 1 aliphatic rings. The van der Waals surface area contributed by atoms with E-state index in [2.05, 4.69) is 0 Å². The number of carboxylic acids is 1. The molecule has 0 radical (unpaired) electrons. The summed E-state index contributed by atoms with van der Waals surface area (Å²) in [5.41, 5.74) is 0.231. The summed E-state index contributed by atoms with van der Waals surface area (Å²) in [4.78, 5) is 22.4. The fourth-order valence-electron chi connectivity index (χ4n) is 1.49. The number of fused-ring (bicyclic) bond motifs is 1. The van der Waals surface area contributed by atoms with Gasteiger partial charge in [-0.1, -0.05) is 23.2 Å². The number of ether oxygens (including phenoxy) is 1. The molecule has 1 N–H and O–H groups in total. The number of hydrogen-bond acceptors (Lipinski definition) is 3. The molecule has 84 valence electrons. The van der Waals surface area contributed by atoms with Gasteiger partial charge in [-0.2, -0.15) is 0 Å². The van der Waals surface area contributed by atoms with Crippen LogP contribution in [0.3, 0.4) is 0 Å². The highest BCUT2D eigenvalue weighted by Crippen LogP contribution is 2.37. The minimum absolute atomic E-state index is 0.0923. The molecule has 1 heterocycles. The number of aliphatic carboxylic acids is 1. The molecule has 0 aliphatic carbocycles. The van der Waals surface area contributed by atoms with Crippen molar-refractivity contribution in [3.05, 3.63) is 27.7 Å². The van der Waals surface area contributed by atoms with Gasteiger partial charge in [0.2, 0.25) is 6.10 Å². The van der Waals surface area contributed by atoms with Gasteiger partial charge in [-0.25, -0.2) is 4.79 Å². The summed E-state index contributed by atoms with van der Waals surface area (Å²) < 4.78 is 5.14. The van der Waals surface area contributed by atoms with Gasteiger partial charge >= 0.3 is 5.97 Å². The Labute approximate surface area is 101 Å². The van der Waals surface area contributed by atoms with Crippen LogP contribution in [0.5, 0.6) is 5.75 Å². The summed E-state index contributed by atoms with van der Waals surface area (Å²) in [7, 11) is 0. The first-order valence-electron chi connectivity index (χ1n) is 4.40. The van der Waals surface area contributed by atoms with E-state index < -0.39 is 12.1 Å². The quantitative estimate of drug-likeness (QED) is 0.843. The van der Waals surface area contributed by atoms with E-state index in [0.29, 0.717) is 5.02 Å². The normalized spacial score (nSPS) is 18.9. The summed E-state index contributed by atoms with van der Waals surface area (Å²) in [6.07, 6.45) is -1.39. The van der Waals surface area contributed by atoms with E-state index in [4.69, 9.17) is 33.0 Å². The van der Waals surface area contributed by atoms with Crippen LogP contribution < -0.4 is 4.74 Å². The van der Waals surface area contributed by atoms with Crippen LogP contribution in [-0.2, 0) is 4.79 Å². The number of carbonyl (C=O) groups is 2. The first kappa shape index (κ1) is 11.2. The molecule has 0 saturated carbocycles. The number of Topliss-reactive ketones (excluding diaryl/α,β-unsaturated/α-hetero) is 1. The highest BCUT2D eigenvalue weighted by atomic mass is 35.5. The molecule has 0 spiro atoms. The third-order valence-corrected chi connectivity index (χ3v) is 2.71. The van der Waals surface area contributed by atoms with Crippen molar-refractivity contribution in [1.29, 1.82) is 0 Å². The lowest BCUT2D eigenvalue weighted by molar-refractivity contribution is -0.145. The van der Waals surface area contributed by atoms with Crippen molar-refractivity contribution in [2.45, 2.75) is 12.5 Å². The summed E-state index contributed by atoms with van der Waals surface area (Å²) in [6, 6.07) is 2.82.